The number of anilines is 2. The highest BCUT2D eigenvalue weighted by Crippen LogP contribution is 2.35. The van der Waals surface area contributed by atoms with E-state index in [1.165, 1.54) is 11.9 Å². The number of nitrogens with two attached hydrogens (primary N) is 1. The summed E-state index contributed by atoms with van der Waals surface area (Å²) in [5, 5.41) is 14.0. The number of rotatable bonds is 9. The number of aliphatic hydroxyl groups is 1. The standard InChI is InChI=1S/C24H33FN6O2/c1-16-3-5-17(6-4-16)12-31(19-7-8-19)23-21(25)22(28-15-29-23)27-11-18-9-10-30(13-20(26)32)14-24(18,2)33/h3-6,15,18-19,33H,7-14H2,1-2H3,(H2,26,32)(H,27,28,29)/t18-,24-/m0/s1. The Labute approximate surface area is 194 Å². The van der Waals surface area contributed by atoms with Crippen molar-refractivity contribution >= 4 is 17.5 Å². The SMILES string of the molecule is Cc1ccc(CN(c2ncnc(NC[C@@H]3CCN(CC(N)=O)C[C@]3(C)O)c2F)C2CC2)cc1. The maximum Gasteiger partial charge on any atom is 0.231 e. The van der Waals surface area contributed by atoms with Gasteiger partial charge in [-0.05, 0) is 45.2 Å². The summed E-state index contributed by atoms with van der Waals surface area (Å²) >= 11 is 0. The van der Waals surface area contributed by atoms with Crippen molar-refractivity contribution in [2.75, 3.05) is 36.4 Å². The Hall–Kier alpha value is -2.78. The van der Waals surface area contributed by atoms with Crippen molar-refractivity contribution in [2.24, 2.45) is 11.7 Å². The Morgan fingerprint density at radius 1 is 1.30 bits per heavy atom. The van der Waals surface area contributed by atoms with Crippen LogP contribution in [0.3, 0.4) is 0 Å². The first-order valence-electron chi connectivity index (χ1n) is 11.5. The number of carbonyl (C=O) groups is 1. The topological polar surface area (TPSA) is 108 Å². The van der Waals surface area contributed by atoms with Gasteiger partial charge in [-0.15, -0.1) is 0 Å². The molecule has 0 radical (unpaired) electrons. The van der Waals surface area contributed by atoms with Gasteiger partial charge >= 0.3 is 0 Å². The predicted molar refractivity (Wildman–Crippen MR) is 125 cm³/mol. The number of nitrogens with zero attached hydrogens (tertiary/aromatic N) is 4. The molecule has 1 aliphatic carbocycles. The molecule has 1 saturated heterocycles. The third kappa shape index (κ3) is 5.78. The van der Waals surface area contributed by atoms with E-state index < -0.39 is 17.3 Å². The van der Waals surface area contributed by atoms with Crippen LogP contribution in [-0.2, 0) is 11.3 Å². The zero-order chi connectivity index (χ0) is 23.6. The molecule has 33 heavy (non-hydrogen) atoms. The van der Waals surface area contributed by atoms with Gasteiger partial charge in [0.15, 0.2) is 11.6 Å². The molecule has 1 saturated carbocycles. The van der Waals surface area contributed by atoms with Gasteiger partial charge in [-0.3, -0.25) is 9.69 Å². The lowest BCUT2D eigenvalue weighted by Crippen LogP contribution is -2.55. The zero-order valence-corrected chi connectivity index (χ0v) is 19.3. The highest BCUT2D eigenvalue weighted by Gasteiger charge is 2.38. The molecule has 0 unspecified atom stereocenters. The van der Waals surface area contributed by atoms with E-state index in [1.807, 2.05) is 16.7 Å². The molecule has 2 aromatic rings. The van der Waals surface area contributed by atoms with Gasteiger partial charge in [0, 0.05) is 31.6 Å². The van der Waals surface area contributed by atoms with Crippen molar-refractivity contribution in [1.29, 1.82) is 0 Å². The zero-order valence-electron chi connectivity index (χ0n) is 19.3. The summed E-state index contributed by atoms with van der Waals surface area (Å²) in [5.74, 6) is -0.554. The van der Waals surface area contributed by atoms with Crippen molar-refractivity contribution < 1.29 is 14.3 Å². The van der Waals surface area contributed by atoms with E-state index >= 15 is 4.39 Å². The van der Waals surface area contributed by atoms with Crippen molar-refractivity contribution in [1.82, 2.24) is 14.9 Å². The number of likely N-dealkylation sites (tertiary alicyclic amines) is 1. The first-order chi connectivity index (χ1) is 15.7. The predicted octanol–water partition coefficient (Wildman–Crippen LogP) is 2.06. The van der Waals surface area contributed by atoms with Gasteiger partial charge in [0.25, 0.3) is 0 Å². The second kappa shape index (κ2) is 9.61. The van der Waals surface area contributed by atoms with Crippen molar-refractivity contribution in [3.63, 3.8) is 0 Å². The first-order valence-corrected chi connectivity index (χ1v) is 11.5. The highest BCUT2D eigenvalue weighted by molar-refractivity contribution is 5.75. The third-order valence-electron chi connectivity index (χ3n) is 6.62. The lowest BCUT2D eigenvalue weighted by Gasteiger charge is -2.42. The molecule has 8 nitrogen and oxygen atoms in total. The van der Waals surface area contributed by atoms with Crippen LogP contribution in [0.4, 0.5) is 16.0 Å². The van der Waals surface area contributed by atoms with E-state index in [2.05, 4.69) is 39.6 Å². The molecule has 0 spiro atoms. The third-order valence-corrected chi connectivity index (χ3v) is 6.62. The van der Waals surface area contributed by atoms with E-state index in [0.29, 0.717) is 38.4 Å². The number of piperidine rings is 1. The van der Waals surface area contributed by atoms with E-state index in [9.17, 15) is 9.90 Å². The Balaban J connectivity index is 1.44. The van der Waals surface area contributed by atoms with Crippen molar-refractivity contribution in [3.05, 3.63) is 47.5 Å². The molecule has 178 valence electrons. The fourth-order valence-electron chi connectivity index (χ4n) is 4.54. The minimum Gasteiger partial charge on any atom is -0.388 e. The van der Waals surface area contributed by atoms with E-state index in [-0.39, 0.29) is 24.3 Å². The summed E-state index contributed by atoms with van der Waals surface area (Å²) in [6.45, 7) is 5.85. The molecule has 1 aromatic carbocycles. The number of benzene rings is 1. The average molecular weight is 457 g/mol. The minimum atomic E-state index is -1.03. The summed E-state index contributed by atoms with van der Waals surface area (Å²) in [4.78, 5) is 23.5. The number of aromatic nitrogens is 2. The van der Waals surface area contributed by atoms with Gasteiger partial charge in [0.1, 0.15) is 6.33 Å². The minimum absolute atomic E-state index is 0.119. The molecule has 2 atom stereocenters. The molecule has 1 aromatic heterocycles. The molecule has 2 heterocycles. The molecule has 1 aliphatic heterocycles. The number of halogens is 1. The van der Waals surface area contributed by atoms with Crippen LogP contribution in [0.1, 0.15) is 37.3 Å². The van der Waals surface area contributed by atoms with Gasteiger partial charge < -0.3 is 21.1 Å². The van der Waals surface area contributed by atoms with Crippen LogP contribution in [-0.4, -0.2) is 63.7 Å². The second-order valence-electron chi connectivity index (χ2n) is 9.61. The summed E-state index contributed by atoms with van der Waals surface area (Å²) < 4.78 is 15.5. The smallest absolute Gasteiger partial charge is 0.231 e. The van der Waals surface area contributed by atoms with Gasteiger partial charge in [-0.2, -0.15) is 4.39 Å². The Morgan fingerprint density at radius 3 is 2.67 bits per heavy atom. The van der Waals surface area contributed by atoms with Crippen LogP contribution < -0.4 is 16.0 Å². The number of carbonyl (C=O) groups excluding carboxylic acids is 1. The molecule has 2 aliphatic rings. The summed E-state index contributed by atoms with van der Waals surface area (Å²) in [6, 6.07) is 8.53. The highest BCUT2D eigenvalue weighted by atomic mass is 19.1. The van der Waals surface area contributed by atoms with Crippen LogP contribution in [0.5, 0.6) is 0 Å². The monoisotopic (exact) mass is 456 g/mol. The molecular weight excluding hydrogens is 423 g/mol. The van der Waals surface area contributed by atoms with Crippen molar-refractivity contribution in [3.8, 4) is 0 Å². The second-order valence-corrected chi connectivity index (χ2v) is 9.61. The molecule has 4 N–H and O–H groups in total. The number of nitrogens with one attached hydrogen (secondary N) is 1. The van der Waals surface area contributed by atoms with E-state index in [4.69, 9.17) is 5.73 Å². The van der Waals surface area contributed by atoms with Gasteiger partial charge in [-0.25, -0.2) is 9.97 Å². The van der Waals surface area contributed by atoms with Gasteiger partial charge in [-0.1, -0.05) is 29.8 Å². The molecular formula is C24H33FN6O2. The molecule has 0 bridgehead atoms. The van der Waals surface area contributed by atoms with Crippen LogP contribution in [0.2, 0.25) is 0 Å². The van der Waals surface area contributed by atoms with Crippen LogP contribution in [0.15, 0.2) is 30.6 Å². The van der Waals surface area contributed by atoms with Crippen LogP contribution in [0.25, 0.3) is 0 Å². The Morgan fingerprint density at radius 2 is 2.03 bits per heavy atom. The summed E-state index contributed by atoms with van der Waals surface area (Å²) in [7, 11) is 0. The largest absolute Gasteiger partial charge is 0.388 e. The van der Waals surface area contributed by atoms with Crippen molar-refractivity contribution in [2.45, 2.75) is 51.3 Å². The van der Waals surface area contributed by atoms with E-state index in [1.54, 1.807) is 6.92 Å². The average Bonchev–Trinajstić information content (AvgIpc) is 3.58. The first kappa shape index (κ1) is 23.4. The Kier molecular flexibility index (Phi) is 6.81. The number of hydrogen-bond donors (Lipinski definition) is 3. The summed E-state index contributed by atoms with van der Waals surface area (Å²) in [6.07, 6.45) is 4.09. The van der Waals surface area contributed by atoms with Crippen LogP contribution in [0, 0.1) is 18.7 Å². The number of hydrogen-bond acceptors (Lipinski definition) is 7. The molecule has 1 amide bonds. The number of amides is 1. The maximum absolute atomic E-state index is 15.5. The number of aryl methyl sites for hydroxylation is 1. The molecule has 4 rings (SSSR count). The normalized spacial score (nSPS) is 23.3. The fourth-order valence-corrected chi connectivity index (χ4v) is 4.54. The molecule has 9 heteroatoms. The van der Waals surface area contributed by atoms with Gasteiger partial charge in [0.2, 0.25) is 11.7 Å². The lowest BCUT2D eigenvalue weighted by molar-refractivity contribution is -0.121. The van der Waals surface area contributed by atoms with E-state index in [0.717, 1.165) is 18.4 Å². The number of primary amides is 1. The lowest BCUT2D eigenvalue weighted by atomic mass is 9.82. The molecule has 2 fully saturated rings. The maximum atomic E-state index is 15.5. The quantitative estimate of drug-likeness (QED) is 0.530. The van der Waals surface area contributed by atoms with Crippen LogP contribution >= 0.6 is 0 Å². The fraction of sp³-hybridized carbons (Fsp3) is 0.542. The van der Waals surface area contributed by atoms with Gasteiger partial charge in [0.05, 0.1) is 12.1 Å². The Bertz CT molecular complexity index is 979. The summed E-state index contributed by atoms with van der Waals surface area (Å²) in [5.41, 5.74) is 6.55. The number of β-amino-alcohol motifs (C(OH)–C–C–N with tert-alkyl or cyclic N) is 1.